The highest BCUT2D eigenvalue weighted by atomic mass is 15.3. The molecule has 1 aromatic heterocycles. The van der Waals surface area contributed by atoms with Crippen molar-refractivity contribution in [3.8, 4) is 0 Å². The zero-order valence-corrected chi connectivity index (χ0v) is 18.9. The second-order valence-corrected chi connectivity index (χ2v) is 9.26. The predicted molar refractivity (Wildman–Crippen MR) is 128 cm³/mol. The van der Waals surface area contributed by atoms with Crippen molar-refractivity contribution in [2.24, 2.45) is 4.99 Å². The molecule has 2 aliphatic rings. The molecule has 1 unspecified atom stereocenters. The van der Waals surface area contributed by atoms with E-state index < -0.39 is 0 Å². The minimum absolute atomic E-state index is 0.0185. The summed E-state index contributed by atoms with van der Waals surface area (Å²) < 4.78 is 0. The topological polar surface area (TPSA) is 71.6 Å². The molecule has 3 heterocycles. The summed E-state index contributed by atoms with van der Waals surface area (Å²) in [6.07, 6.45) is 6.36. The molecule has 0 spiro atoms. The minimum Gasteiger partial charge on any atom is -0.351 e. The van der Waals surface area contributed by atoms with Gasteiger partial charge in [0.2, 0.25) is 0 Å². The molecule has 7 heteroatoms. The number of hydrogen-bond donors (Lipinski definition) is 3. The zero-order valence-electron chi connectivity index (χ0n) is 18.9. The molecule has 0 amide bonds. The Bertz CT molecular complexity index is 957. The first-order valence-electron chi connectivity index (χ1n) is 10.9. The fourth-order valence-corrected chi connectivity index (χ4v) is 3.63. The largest absolute Gasteiger partial charge is 0.351 e. The third-order valence-electron chi connectivity index (χ3n) is 5.66. The molecule has 4 rings (SSSR count). The van der Waals surface area contributed by atoms with Crippen LogP contribution in [0.15, 0.2) is 59.4 Å². The fraction of sp³-hybridized carbons (Fsp3) is 0.417. The number of nitrogens with one attached hydrogen (secondary N) is 3. The Morgan fingerprint density at radius 1 is 1.06 bits per heavy atom. The van der Waals surface area contributed by atoms with Gasteiger partial charge < -0.3 is 15.5 Å². The van der Waals surface area contributed by atoms with E-state index in [4.69, 9.17) is 4.99 Å². The maximum absolute atomic E-state index is 4.80. The van der Waals surface area contributed by atoms with Gasteiger partial charge in [0, 0.05) is 43.4 Å². The van der Waals surface area contributed by atoms with Gasteiger partial charge in [-0.05, 0) is 24.8 Å². The third kappa shape index (κ3) is 5.62. The Morgan fingerprint density at radius 3 is 2.48 bits per heavy atom. The number of aromatic nitrogens is 2. The Morgan fingerprint density at radius 2 is 1.81 bits per heavy atom. The first-order valence-corrected chi connectivity index (χ1v) is 10.9. The molecule has 0 aliphatic carbocycles. The monoisotopic (exact) mass is 419 g/mol. The van der Waals surface area contributed by atoms with E-state index in [1.807, 2.05) is 24.3 Å². The number of aromatic amines is 1. The lowest BCUT2D eigenvalue weighted by atomic mass is 9.92. The second-order valence-electron chi connectivity index (χ2n) is 9.26. The highest BCUT2D eigenvalue weighted by molar-refractivity contribution is 5.98. The number of rotatable bonds is 5. The van der Waals surface area contributed by atoms with Gasteiger partial charge in [0.25, 0.3) is 0 Å². The number of piperazine rings is 1. The molecular formula is C24H33N7. The highest BCUT2D eigenvalue weighted by Crippen LogP contribution is 2.23. The number of benzene rings is 1. The number of H-pyrrole nitrogens is 1. The van der Waals surface area contributed by atoms with Crippen molar-refractivity contribution >= 4 is 17.7 Å². The van der Waals surface area contributed by atoms with Gasteiger partial charge in [-0.1, -0.05) is 57.2 Å². The Kier molecular flexibility index (Phi) is 6.25. The van der Waals surface area contributed by atoms with E-state index in [1.54, 1.807) is 0 Å². The molecule has 3 N–H and O–H groups in total. The van der Waals surface area contributed by atoms with Crippen LogP contribution in [-0.2, 0) is 5.41 Å². The third-order valence-corrected chi connectivity index (χ3v) is 5.66. The number of anilines is 1. The van der Waals surface area contributed by atoms with Crippen molar-refractivity contribution in [3.63, 3.8) is 0 Å². The predicted octanol–water partition coefficient (Wildman–Crippen LogP) is 3.25. The number of hydrogen-bond acceptors (Lipinski definition) is 6. The molecule has 0 saturated carbocycles. The quantitative estimate of drug-likeness (QED) is 0.694. The average molecular weight is 420 g/mol. The van der Waals surface area contributed by atoms with Gasteiger partial charge >= 0.3 is 0 Å². The molecule has 164 valence electrons. The normalized spacial score (nSPS) is 21.0. The summed E-state index contributed by atoms with van der Waals surface area (Å²) in [4.78, 5) is 9.62. The van der Waals surface area contributed by atoms with E-state index in [1.165, 1.54) is 0 Å². The molecule has 1 atom stereocenters. The summed E-state index contributed by atoms with van der Waals surface area (Å²) in [7, 11) is 2.17. The molecule has 1 saturated heterocycles. The SMILES string of the molecule is CN1CCN(C2C=C(Nc3cc(C(C)(C)C)[nH]n3)N=C(/C=C/c3ccccc3)N2)CC1. The Balaban J connectivity index is 1.55. The van der Waals surface area contributed by atoms with Gasteiger partial charge in [-0.3, -0.25) is 10.00 Å². The number of likely N-dealkylation sites (N-methyl/N-ethyl adjacent to an activating group) is 1. The van der Waals surface area contributed by atoms with Crippen LogP contribution in [0.25, 0.3) is 6.08 Å². The van der Waals surface area contributed by atoms with Crippen LogP contribution in [0.3, 0.4) is 0 Å². The van der Waals surface area contributed by atoms with Gasteiger partial charge in [-0.2, -0.15) is 5.10 Å². The van der Waals surface area contributed by atoms with Crippen molar-refractivity contribution < 1.29 is 0 Å². The van der Waals surface area contributed by atoms with Crippen molar-refractivity contribution in [3.05, 3.63) is 65.6 Å². The van der Waals surface area contributed by atoms with Gasteiger partial charge in [-0.25, -0.2) is 4.99 Å². The van der Waals surface area contributed by atoms with Gasteiger partial charge in [0.1, 0.15) is 17.8 Å². The smallest absolute Gasteiger partial charge is 0.153 e. The molecule has 1 aromatic carbocycles. The van der Waals surface area contributed by atoms with Crippen LogP contribution in [0.5, 0.6) is 0 Å². The molecule has 2 aliphatic heterocycles. The summed E-state index contributed by atoms with van der Waals surface area (Å²) in [5.41, 5.74) is 2.26. The summed E-state index contributed by atoms with van der Waals surface area (Å²) in [5.74, 6) is 2.43. The van der Waals surface area contributed by atoms with Crippen LogP contribution in [-0.4, -0.2) is 65.2 Å². The van der Waals surface area contributed by atoms with Crippen LogP contribution >= 0.6 is 0 Å². The Labute approximate surface area is 184 Å². The molecule has 7 nitrogen and oxygen atoms in total. The lowest BCUT2D eigenvalue weighted by Crippen LogP contribution is -2.55. The maximum atomic E-state index is 4.80. The van der Waals surface area contributed by atoms with Crippen molar-refractivity contribution in [2.75, 3.05) is 38.5 Å². The first kappa shape index (κ1) is 21.3. The van der Waals surface area contributed by atoms with Crippen molar-refractivity contribution in [1.29, 1.82) is 0 Å². The van der Waals surface area contributed by atoms with Crippen molar-refractivity contribution in [1.82, 2.24) is 25.3 Å². The van der Waals surface area contributed by atoms with Gasteiger partial charge in [-0.15, -0.1) is 0 Å². The minimum atomic E-state index is 0.0185. The average Bonchev–Trinajstić information content (AvgIpc) is 3.22. The van der Waals surface area contributed by atoms with E-state index in [9.17, 15) is 0 Å². The van der Waals surface area contributed by atoms with Gasteiger partial charge in [0.05, 0.1) is 0 Å². The molecule has 0 radical (unpaired) electrons. The molecular weight excluding hydrogens is 386 g/mol. The standard InChI is InChI=1S/C24H33N7/c1-24(2,3)19-16-22(29-28-19)26-21-17-23(31-14-12-30(4)13-15-31)27-20(25-21)11-10-18-8-6-5-7-9-18/h5-11,16-17,23H,12-15H2,1-4H3,(H,25,27)(H2,26,28,29)/b11-10+. The fourth-order valence-electron chi connectivity index (χ4n) is 3.63. The van der Waals surface area contributed by atoms with E-state index >= 15 is 0 Å². The summed E-state index contributed by atoms with van der Waals surface area (Å²) >= 11 is 0. The van der Waals surface area contributed by atoms with E-state index in [-0.39, 0.29) is 11.6 Å². The number of amidine groups is 1. The Hall–Kier alpha value is -2.90. The molecule has 2 aromatic rings. The van der Waals surface area contributed by atoms with Gasteiger partial charge in [0.15, 0.2) is 5.82 Å². The van der Waals surface area contributed by atoms with Crippen LogP contribution in [0, 0.1) is 0 Å². The molecule has 0 bridgehead atoms. The summed E-state index contributed by atoms with van der Waals surface area (Å²) in [6, 6.07) is 12.3. The van der Waals surface area contributed by atoms with Crippen molar-refractivity contribution in [2.45, 2.75) is 32.4 Å². The van der Waals surface area contributed by atoms with Crippen LogP contribution in [0.2, 0.25) is 0 Å². The molecule has 31 heavy (non-hydrogen) atoms. The lowest BCUT2D eigenvalue weighted by molar-refractivity contribution is 0.123. The number of aliphatic imine (C=N–C) groups is 1. The van der Waals surface area contributed by atoms with Crippen LogP contribution in [0.4, 0.5) is 5.82 Å². The number of nitrogens with zero attached hydrogens (tertiary/aromatic N) is 4. The highest BCUT2D eigenvalue weighted by Gasteiger charge is 2.25. The maximum Gasteiger partial charge on any atom is 0.153 e. The lowest BCUT2D eigenvalue weighted by Gasteiger charge is -2.38. The first-order chi connectivity index (χ1) is 14.9. The van der Waals surface area contributed by atoms with E-state index in [2.05, 4.69) is 88.8 Å². The van der Waals surface area contributed by atoms with Crippen LogP contribution < -0.4 is 10.6 Å². The summed E-state index contributed by atoms with van der Waals surface area (Å²) in [5, 5.41) is 14.6. The van der Waals surface area contributed by atoms with Crippen LogP contribution in [0.1, 0.15) is 32.0 Å². The van der Waals surface area contributed by atoms with E-state index in [0.29, 0.717) is 0 Å². The molecule has 1 fully saturated rings. The summed E-state index contributed by atoms with van der Waals surface area (Å²) in [6.45, 7) is 10.7. The van der Waals surface area contributed by atoms with E-state index in [0.717, 1.165) is 54.9 Å². The second kappa shape index (κ2) is 9.08. The zero-order chi connectivity index (χ0) is 21.8.